The van der Waals surface area contributed by atoms with Crippen LogP contribution in [0.5, 0.6) is 5.75 Å². The highest BCUT2D eigenvalue weighted by atomic mass is 35.5. The second-order valence-corrected chi connectivity index (χ2v) is 8.57. The number of ether oxygens (including phenoxy) is 1. The van der Waals surface area contributed by atoms with Crippen LogP contribution in [-0.4, -0.2) is 26.5 Å². The number of rotatable bonds is 7. The van der Waals surface area contributed by atoms with Gasteiger partial charge in [0.25, 0.3) is 15.9 Å². The van der Waals surface area contributed by atoms with Gasteiger partial charge in [-0.15, -0.1) is 0 Å². The molecule has 0 aliphatic heterocycles. The van der Waals surface area contributed by atoms with Crippen molar-refractivity contribution in [3.8, 4) is 5.75 Å². The standard InChI is InChI=1S/C18H20Cl2N2O4S/c1-11(2)21-18(23)12(3)26-13-7-9-14(10-8-13)27(24,25)22-16-6-4-5-15(19)17(16)20/h4-12,22H,1-3H3,(H,21,23)/t12-/m0/s1. The fourth-order valence-corrected chi connectivity index (χ4v) is 3.62. The van der Waals surface area contributed by atoms with Crippen LogP contribution in [-0.2, 0) is 14.8 Å². The van der Waals surface area contributed by atoms with Gasteiger partial charge >= 0.3 is 0 Å². The third-order valence-corrected chi connectivity index (χ3v) is 5.64. The van der Waals surface area contributed by atoms with Crippen molar-refractivity contribution < 1.29 is 17.9 Å². The van der Waals surface area contributed by atoms with Gasteiger partial charge in [-0.25, -0.2) is 8.42 Å². The number of nitrogens with one attached hydrogen (secondary N) is 2. The summed E-state index contributed by atoms with van der Waals surface area (Å²) < 4.78 is 32.9. The van der Waals surface area contributed by atoms with Crippen molar-refractivity contribution in [1.82, 2.24) is 5.32 Å². The molecule has 0 bridgehead atoms. The summed E-state index contributed by atoms with van der Waals surface area (Å²) in [6.45, 7) is 5.32. The number of sulfonamides is 1. The Labute approximate surface area is 168 Å². The minimum absolute atomic E-state index is 0.000423. The van der Waals surface area contributed by atoms with Crippen LogP contribution in [0.2, 0.25) is 10.0 Å². The Hall–Kier alpha value is -1.96. The van der Waals surface area contributed by atoms with Crippen molar-refractivity contribution in [3.63, 3.8) is 0 Å². The summed E-state index contributed by atoms with van der Waals surface area (Å²) >= 11 is 11.9. The third kappa shape index (κ3) is 5.76. The first-order chi connectivity index (χ1) is 12.6. The van der Waals surface area contributed by atoms with Gasteiger partial charge < -0.3 is 10.1 Å². The van der Waals surface area contributed by atoms with Crippen LogP contribution in [0, 0.1) is 0 Å². The van der Waals surface area contributed by atoms with Crippen LogP contribution in [0.3, 0.4) is 0 Å². The van der Waals surface area contributed by atoms with Gasteiger partial charge in [0.2, 0.25) is 0 Å². The zero-order valence-electron chi connectivity index (χ0n) is 15.0. The van der Waals surface area contributed by atoms with Gasteiger partial charge in [0.1, 0.15) is 5.75 Å². The van der Waals surface area contributed by atoms with E-state index in [0.29, 0.717) is 5.75 Å². The van der Waals surface area contributed by atoms with Gasteiger partial charge in [0.15, 0.2) is 6.10 Å². The van der Waals surface area contributed by atoms with Gasteiger partial charge in [0.05, 0.1) is 20.6 Å². The lowest BCUT2D eigenvalue weighted by Crippen LogP contribution is -2.40. The van der Waals surface area contributed by atoms with Crippen molar-refractivity contribution in [1.29, 1.82) is 0 Å². The summed E-state index contributed by atoms with van der Waals surface area (Å²) in [4.78, 5) is 11.9. The van der Waals surface area contributed by atoms with E-state index in [1.807, 2.05) is 13.8 Å². The Balaban J connectivity index is 2.11. The highest BCUT2D eigenvalue weighted by Gasteiger charge is 2.18. The summed E-state index contributed by atoms with van der Waals surface area (Å²) in [6, 6.07) is 10.4. The molecule has 1 atom stereocenters. The Kier molecular flexibility index (Phi) is 6.97. The van der Waals surface area contributed by atoms with Crippen molar-refractivity contribution >= 4 is 44.8 Å². The fourth-order valence-electron chi connectivity index (χ4n) is 2.14. The van der Waals surface area contributed by atoms with Crippen LogP contribution < -0.4 is 14.8 Å². The Morgan fingerprint density at radius 3 is 2.26 bits per heavy atom. The van der Waals surface area contributed by atoms with Gasteiger partial charge in [-0.2, -0.15) is 0 Å². The zero-order valence-corrected chi connectivity index (χ0v) is 17.3. The fraction of sp³-hybridized carbons (Fsp3) is 0.278. The molecule has 2 N–H and O–H groups in total. The van der Waals surface area contributed by atoms with E-state index in [1.54, 1.807) is 19.1 Å². The van der Waals surface area contributed by atoms with Gasteiger partial charge in [-0.1, -0.05) is 29.3 Å². The highest BCUT2D eigenvalue weighted by Crippen LogP contribution is 2.31. The molecule has 0 saturated heterocycles. The molecule has 0 saturated carbocycles. The van der Waals surface area contributed by atoms with Gasteiger partial charge in [-0.3, -0.25) is 9.52 Å². The molecule has 2 rings (SSSR count). The van der Waals surface area contributed by atoms with E-state index in [-0.39, 0.29) is 32.6 Å². The van der Waals surface area contributed by atoms with E-state index in [9.17, 15) is 13.2 Å². The third-order valence-electron chi connectivity index (χ3n) is 3.44. The summed E-state index contributed by atoms with van der Waals surface area (Å²) in [7, 11) is -3.86. The number of carbonyl (C=O) groups excluding carboxylic acids is 1. The largest absolute Gasteiger partial charge is 0.481 e. The van der Waals surface area contributed by atoms with Crippen molar-refractivity contribution in [2.45, 2.75) is 37.8 Å². The lowest BCUT2D eigenvalue weighted by atomic mass is 10.3. The van der Waals surface area contributed by atoms with Gasteiger partial charge in [-0.05, 0) is 57.2 Å². The summed E-state index contributed by atoms with van der Waals surface area (Å²) in [6.07, 6.45) is -0.710. The molecule has 27 heavy (non-hydrogen) atoms. The number of carbonyl (C=O) groups is 1. The van der Waals surface area contributed by atoms with E-state index in [4.69, 9.17) is 27.9 Å². The number of halogens is 2. The van der Waals surface area contributed by atoms with Crippen LogP contribution in [0.15, 0.2) is 47.4 Å². The number of anilines is 1. The molecule has 0 heterocycles. The van der Waals surface area contributed by atoms with E-state index in [1.165, 1.54) is 30.3 Å². The molecular weight excluding hydrogens is 411 g/mol. The number of hydrogen-bond acceptors (Lipinski definition) is 4. The monoisotopic (exact) mass is 430 g/mol. The second-order valence-electron chi connectivity index (χ2n) is 6.10. The minimum atomic E-state index is -3.86. The smallest absolute Gasteiger partial charge is 0.261 e. The SMILES string of the molecule is CC(C)NC(=O)[C@H](C)Oc1ccc(S(=O)(=O)Nc2cccc(Cl)c2Cl)cc1. The summed E-state index contributed by atoms with van der Waals surface area (Å²) in [5.41, 5.74) is 0.184. The molecule has 0 spiro atoms. The first-order valence-electron chi connectivity index (χ1n) is 8.14. The molecule has 2 aromatic rings. The average molecular weight is 431 g/mol. The molecule has 1 amide bonds. The number of benzene rings is 2. The molecular formula is C18H20Cl2N2O4S. The van der Waals surface area contributed by atoms with E-state index < -0.39 is 16.1 Å². The first-order valence-corrected chi connectivity index (χ1v) is 10.4. The second kappa shape index (κ2) is 8.82. The van der Waals surface area contributed by atoms with Crippen LogP contribution in [0.1, 0.15) is 20.8 Å². The maximum atomic E-state index is 12.5. The molecule has 0 aliphatic rings. The Bertz CT molecular complexity index is 915. The molecule has 0 aromatic heterocycles. The maximum absolute atomic E-state index is 12.5. The molecule has 0 unspecified atom stereocenters. The predicted molar refractivity (Wildman–Crippen MR) is 107 cm³/mol. The first kappa shape index (κ1) is 21.3. The molecule has 146 valence electrons. The normalized spacial score (nSPS) is 12.5. The van der Waals surface area contributed by atoms with Crippen molar-refractivity contribution in [3.05, 3.63) is 52.5 Å². The van der Waals surface area contributed by atoms with E-state index >= 15 is 0 Å². The lowest BCUT2D eigenvalue weighted by molar-refractivity contribution is -0.127. The zero-order chi connectivity index (χ0) is 20.2. The Morgan fingerprint density at radius 2 is 1.67 bits per heavy atom. The lowest BCUT2D eigenvalue weighted by Gasteiger charge is -2.16. The number of amides is 1. The van der Waals surface area contributed by atoms with Crippen molar-refractivity contribution in [2.24, 2.45) is 0 Å². The summed E-state index contributed by atoms with van der Waals surface area (Å²) in [5, 5.41) is 3.11. The quantitative estimate of drug-likeness (QED) is 0.692. The average Bonchev–Trinajstić information content (AvgIpc) is 2.58. The highest BCUT2D eigenvalue weighted by molar-refractivity contribution is 7.92. The molecule has 0 fully saturated rings. The molecule has 0 radical (unpaired) electrons. The Morgan fingerprint density at radius 1 is 1.04 bits per heavy atom. The predicted octanol–water partition coefficient (Wildman–Crippen LogP) is 4.09. The van der Waals surface area contributed by atoms with E-state index in [0.717, 1.165) is 0 Å². The van der Waals surface area contributed by atoms with Crippen LogP contribution in [0.25, 0.3) is 0 Å². The molecule has 6 nitrogen and oxygen atoms in total. The summed E-state index contributed by atoms with van der Waals surface area (Å²) in [5.74, 6) is 0.125. The van der Waals surface area contributed by atoms with Crippen LogP contribution in [0.4, 0.5) is 5.69 Å². The topological polar surface area (TPSA) is 84.5 Å². The van der Waals surface area contributed by atoms with Gasteiger partial charge in [0, 0.05) is 6.04 Å². The minimum Gasteiger partial charge on any atom is -0.481 e. The molecule has 0 aliphatic carbocycles. The molecule has 9 heteroatoms. The maximum Gasteiger partial charge on any atom is 0.261 e. The number of hydrogen-bond donors (Lipinski definition) is 2. The van der Waals surface area contributed by atoms with Crippen molar-refractivity contribution in [2.75, 3.05) is 4.72 Å². The van der Waals surface area contributed by atoms with E-state index in [2.05, 4.69) is 10.0 Å². The molecule has 2 aromatic carbocycles. The van der Waals surface area contributed by atoms with Crippen LogP contribution >= 0.6 is 23.2 Å².